The second-order valence-electron chi connectivity index (χ2n) is 5.87. The number of anilines is 1. The smallest absolute Gasteiger partial charge is 0.338 e. The molecule has 3 N–H and O–H groups in total. The van der Waals surface area contributed by atoms with Crippen molar-refractivity contribution in [2.24, 2.45) is 0 Å². The lowest BCUT2D eigenvalue weighted by atomic mass is 10.1. The molecule has 0 radical (unpaired) electrons. The Kier molecular flexibility index (Phi) is 4.43. The number of hydrogen-bond acceptors (Lipinski definition) is 5. The van der Waals surface area contributed by atoms with Crippen molar-refractivity contribution in [3.8, 4) is 11.3 Å². The lowest BCUT2D eigenvalue weighted by Crippen LogP contribution is -2.07. The van der Waals surface area contributed by atoms with Gasteiger partial charge in [-0.2, -0.15) is 0 Å². The number of carboxylic acid groups (broad SMARTS) is 1. The second-order valence-corrected chi connectivity index (χ2v) is 5.87. The molecule has 0 aliphatic carbocycles. The predicted octanol–water partition coefficient (Wildman–Crippen LogP) is 3.57. The van der Waals surface area contributed by atoms with E-state index in [9.17, 15) is 14.7 Å². The van der Waals surface area contributed by atoms with Gasteiger partial charge in [0.05, 0.1) is 22.9 Å². The van der Waals surface area contributed by atoms with Crippen molar-refractivity contribution >= 4 is 34.7 Å². The second kappa shape index (κ2) is 7.20. The largest absolute Gasteiger partial charge is 0.478 e. The highest BCUT2D eigenvalue weighted by Gasteiger charge is 2.17. The molecule has 8 nitrogen and oxygen atoms in total. The van der Waals surface area contributed by atoms with Crippen molar-refractivity contribution in [2.75, 3.05) is 5.32 Å². The van der Waals surface area contributed by atoms with Crippen molar-refractivity contribution in [1.29, 1.82) is 0 Å². The molecule has 0 aliphatic heterocycles. The van der Waals surface area contributed by atoms with E-state index >= 15 is 0 Å². The first-order valence-corrected chi connectivity index (χ1v) is 8.30. The van der Waals surface area contributed by atoms with E-state index in [1.54, 1.807) is 42.5 Å². The van der Waals surface area contributed by atoms with E-state index in [1.165, 1.54) is 24.9 Å². The molecule has 0 aliphatic rings. The maximum absolute atomic E-state index is 12.1. The van der Waals surface area contributed by atoms with Gasteiger partial charge < -0.3 is 19.8 Å². The van der Waals surface area contributed by atoms with Crippen molar-refractivity contribution in [3.63, 3.8) is 0 Å². The summed E-state index contributed by atoms with van der Waals surface area (Å²) in [7, 11) is 0. The van der Waals surface area contributed by atoms with Crippen LogP contribution in [0.15, 0.2) is 65.7 Å². The van der Waals surface area contributed by atoms with Crippen molar-refractivity contribution < 1.29 is 19.1 Å². The quantitative estimate of drug-likeness (QED) is 0.459. The van der Waals surface area contributed by atoms with Crippen LogP contribution in [-0.2, 0) is 4.79 Å². The number of aromatic nitrogens is 3. The lowest BCUT2D eigenvalue weighted by Gasteiger charge is -2.07. The highest BCUT2D eigenvalue weighted by atomic mass is 16.4. The minimum absolute atomic E-state index is 0.0846. The maximum Gasteiger partial charge on any atom is 0.338 e. The van der Waals surface area contributed by atoms with Gasteiger partial charge in [0.25, 0.3) is 0 Å². The maximum atomic E-state index is 12.1. The van der Waals surface area contributed by atoms with Gasteiger partial charge in [-0.25, -0.2) is 14.8 Å². The Morgan fingerprint density at radius 1 is 1.18 bits per heavy atom. The monoisotopic (exact) mass is 374 g/mol. The number of carbonyl (C=O) groups excluding carboxylic acids is 1. The van der Waals surface area contributed by atoms with Crippen LogP contribution < -0.4 is 5.32 Å². The number of H-pyrrole nitrogens is 1. The Morgan fingerprint density at radius 2 is 2.07 bits per heavy atom. The lowest BCUT2D eigenvalue weighted by molar-refractivity contribution is -0.111. The number of aromatic amines is 1. The molecule has 0 atom stereocenters. The normalized spacial score (nSPS) is 11.1. The Labute approximate surface area is 158 Å². The first-order valence-electron chi connectivity index (χ1n) is 8.30. The Balaban J connectivity index is 1.64. The topological polar surface area (TPSA) is 121 Å². The molecule has 4 rings (SSSR count). The summed E-state index contributed by atoms with van der Waals surface area (Å²) in [6, 6.07) is 10.5. The third kappa shape index (κ3) is 3.38. The molecular formula is C20H14N4O4. The molecule has 0 fully saturated rings. The molecule has 4 aromatic rings. The average Bonchev–Trinajstić information content (AvgIpc) is 3.36. The molecular weight excluding hydrogens is 360 g/mol. The van der Waals surface area contributed by atoms with Gasteiger partial charge in [0.15, 0.2) is 0 Å². The van der Waals surface area contributed by atoms with Crippen LogP contribution in [0.1, 0.15) is 16.1 Å². The van der Waals surface area contributed by atoms with Crippen LogP contribution in [0, 0.1) is 0 Å². The summed E-state index contributed by atoms with van der Waals surface area (Å²) in [5.74, 6) is -0.829. The highest BCUT2D eigenvalue weighted by Crippen LogP contribution is 2.29. The molecule has 28 heavy (non-hydrogen) atoms. The summed E-state index contributed by atoms with van der Waals surface area (Å²) in [5, 5.41) is 12.6. The van der Waals surface area contributed by atoms with Gasteiger partial charge in [-0.05, 0) is 30.3 Å². The summed E-state index contributed by atoms with van der Waals surface area (Å²) in [4.78, 5) is 34.8. The van der Waals surface area contributed by atoms with Gasteiger partial charge >= 0.3 is 5.97 Å². The van der Waals surface area contributed by atoms with Gasteiger partial charge in [-0.1, -0.05) is 12.1 Å². The first kappa shape index (κ1) is 17.2. The van der Waals surface area contributed by atoms with Gasteiger partial charge in [0, 0.05) is 23.5 Å². The number of benzene rings is 1. The molecule has 3 aromatic heterocycles. The van der Waals surface area contributed by atoms with Gasteiger partial charge in [0.2, 0.25) is 5.91 Å². The molecule has 1 amide bonds. The predicted molar refractivity (Wildman–Crippen MR) is 103 cm³/mol. The van der Waals surface area contributed by atoms with E-state index in [2.05, 4.69) is 20.3 Å². The molecule has 0 saturated heterocycles. The number of rotatable bonds is 5. The van der Waals surface area contributed by atoms with Crippen LogP contribution in [0.2, 0.25) is 0 Å². The fraction of sp³-hybridized carbons (Fsp3) is 0. The van der Waals surface area contributed by atoms with E-state index in [1.807, 2.05) is 0 Å². The number of carboxylic acids is 1. The van der Waals surface area contributed by atoms with Crippen molar-refractivity contribution in [3.05, 3.63) is 72.6 Å². The Morgan fingerprint density at radius 3 is 2.86 bits per heavy atom. The summed E-state index contributed by atoms with van der Waals surface area (Å²) in [6.45, 7) is 0. The van der Waals surface area contributed by atoms with Crippen LogP contribution in [0.5, 0.6) is 0 Å². The van der Waals surface area contributed by atoms with E-state index in [-0.39, 0.29) is 11.5 Å². The van der Waals surface area contributed by atoms with E-state index < -0.39 is 5.97 Å². The number of nitrogens with one attached hydrogen (secondary N) is 2. The zero-order chi connectivity index (χ0) is 19.5. The first-order chi connectivity index (χ1) is 13.6. The SMILES string of the molecule is O=C(/C=C/c1ccco1)Nc1cccc(-c2ncnc3[nH]cc(C(=O)O)c23)c1. The van der Waals surface area contributed by atoms with Crippen LogP contribution in [-0.4, -0.2) is 31.9 Å². The molecule has 0 spiro atoms. The number of hydrogen-bond donors (Lipinski definition) is 3. The number of fused-ring (bicyclic) bond motifs is 1. The summed E-state index contributed by atoms with van der Waals surface area (Å²) in [6.07, 6.45) is 7.19. The molecule has 8 heteroatoms. The molecule has 1 aromatic carbocycles. The standard InChI is InChI=1S/C20H14N4O4/c25-16(7-6-14-5-2-8-28-14)24-13-4-1-3-12(9-13)18-17-15(20(26)27)10-21-19(17)23-11-22-18/h1-11H,(H,24,25)(H,26,27)(H,21,22,23)/b7-6+. The number of furan rings is 1. The van der Waals surface area contributed by atoms with Crippen molar-refractivity contribution in [2.45, 2.75) is 0 Å². The third-order valence-corrected chi connectivity index (χ3v) is 4.05. The molecule has 3 heterocycles. The highest BCUT2D eigenvalue weighted by molar-refractivity contribution is 6.08. The van der Waals surface area contributed by atoms with Crippen LogP contribution >= 0.6 is 0 Å². The summed E-state index contributed by atoms with van der Waals surface area (Å²) in [5.41, 5.74) is 2.18. The number of nitrogens with zero attached hydrogens (tertiary/aromatic N) is 2. The van der Waals surface area contributed by atoms with Crippen molar-refractivity contribution in [1.82, 2.24) is 15.0 Å². The van der Waals surface area contributed by atoms with E-state index in [0.29, 0.717) is 33.7 Å². The van der Waals surface area contributed by atoms with Gasteiger partial charge in [-0.15, -0.1) is 0 Å². The van der Waals surface area contributed by atoms with E-state index in [0.717, 1.165) is 0 Å². The van der Waals surface area contributed by atoms with Gasteiger partial charge in [-0.3, -0.25) is 4.79 Å². The number of carbonyl (C=O) groups is 2. The molecule has 0 saturated carbocycles. The minimum Gasteiger partial charge on any atom is -0.478 e. The molecule has 0 bridgehead atoms. The molecule has 0 unspecified atom stereocenters. The fourth-order valence-electron chi connectivity index (χ4n) is 2.82. The number of aromatic carboxylic acids is 1. The average molecular weight is 374 g/mol. The molecule has 138 valence electrons. The summed E-state index contributed by atoms with van der Waals surface area (Å²) < 4.78 is 5.14. The zero-order valence-corrected chi connectivity index (χ0v) is 14.4. The van der Waals surface area contributed by atoms with Gasteiger partial charge in [0.1, 0.15) is 17.7 Å². The van der Waals surface area contributed by atoms with Crippen LogP contribution in [0.25, 0.3) is 28.4 Å². The van der Waals surface area contributed by atoms with E-state index in [4.69, 9.17) is 4.42 Å². The Bertz CT molecular complexity index is 1190. The Hall–Kier alpha value is -4.20. The third-order valence-electron chi connectivity index (χ3n) is 4.05. The minimum atomic E-state index is -1.07. The number of amides is 1. The van der Waals surface area contributed by atoms with Crippen LogP contribution in [0.4, 0.5) is 5.69 Å². The van der Waals surface area contributed by atoms with Crippen LogP contribution in [0.3, 0.4) is 0 Å². The fourth-order valence-corrected chi connectivity index (χ4v) is 2.82. The summed E-state index contributed by atoms with van der Waals surface area (Å²) >= 11 is 0. The zero-order valence-electron chi connectivity index (χ0n) is 14.4.